The molecule has 12 heteroatoms. The SMILES string of the molecule is CC(C)(C)OC(=O)NCCN1CCNC(=O)COc2c3cccc2Cc2cccc(c2O)Cc2cccc(c2OCC(=O)NCC1)Cc1cccc(c1O)C3. The highest BCUT2D eigenvalue weighted by Gasteiger charge is 2.22. The molecule has 1 aliphatic carbocycles. The molecule has 55 heavy (non-hydrogen) atoms. The quantitative estimate of drug-likeness (QED) is 0.166. The Morgan fingerprint density at radius 1 is 0.673 bits per heavy atom. The van der Waals surface area contributed by atoms with Gasteiger partial charge >= 0.3 is 6.09 Å². The van der Waals surface area contributed by atoms with Crippen LogP contribution in [0.15, 0.2) is 72.8 Å². The van der Waals surface area contributed by atoms with Crippen LogP contribution in [0.4, 0.5) is 4.79 Å². The zero-order valence-corrected chi connectivity index (χ0v) is 31.7. The van der Waals surface area contributed by atoms with Crippen LogP contribution >= 0.6 is 0 Å². The molecule has 0 radical (unpaired) electrons. The van der Waals surface area contributed by atoms with E-state index in [0.29, 0.717) is 98.7 Å². The summed E-state index contributed by atoms with van der Waals surface area (Å²) in [5.74, 6) is 0.686. The number of carbonyl (C=O) groups is 3. The Balaban J connectivity index is 1.36. The molecule has 0 atom stereocenters. The van der Waals surface area contributed by atoms with E-state index in [1.54, 1.807) is 20.8 Å². The van der Waals surface area contributed by atoms with Gasteiger partial charge in [0.05, 0.1) is 0 Å². The van der Waals surface area contributed by atoms with E-state index in [2.05, 4.69) is 16.0 Å². The molecule has 0 spiro atoms. The highest BCUT2D eigenvalue weighted by atomic mass is 16.6. The van der Waals surface area contributed by atoms with Crippen LogP contribution in [0.3, 0.4) is 0 Å². The number of amides is 3. The monoisotopic (exact) mass is 750 g/mol. The second-order valence-corrected chi connectivity index (χ2v) is 14.9. The summed E-state index contributed by atoms with van der Waals surface area (Å²) in [6, 6.07) is 22.8. The lowest BCUT2D eigenvalue weighted by Crippen LogP contribution is -2.44. The van der Waals surface area contributed by atoms with Crippen LogP contribution in [0.1, 0.15) is 65.3 Å². The molecule has 0 fully saturated rings. The Bertz CT molecular complexity index is 1810. The van der Waals surface area contributed by atoms with Crippen molar-refractivity contribution in [3.8, 4) is 23.0 Å². The van der Waals surface area contributed by atoms with E-state index in [0.717, 1.165) is 22.3 Å². The summed E-state index contributed by atoms with van der Waals surface area (Å²) in [6.45, 7) is 7.11. The first-order chi connectivity index (χ1) is 26.4. The predicted molar refractivity (Wildman–Crippen MR) is 208 cm³/mol. The summed E-state index contributed by atoms with van der Waals surface area (Å²) in [4.78, 5) is 40.8. The molecular formula is C43H50N4O8. The number of phenols is 2. The molecular weight excluding hydrogens is 700 g/mol. The van der Waals surface area contributed by atoms with Gasteiger partial charge in [0.1, 0.15) is 28.6 Å². The number of nitrogens with one attached hydrogen (secondary N) is 3. The zero-order valence-electron chi connectivity index (χ0n) is 31.7. The van der Waals surface area contributed by atoms with E-state index in [9.17, 15) is 24.6 Å². The van der Waals surface area contributed by atoms with E-state index in [1.165, 1.54) is 0 Å². The van der Waals surface area contributed by atoms with Crippen LogP contribution in [0.2, 0.25) is 0 Å². The normalized spacial score (nSPS) is 15.8. The largest absolute Gasteiger partial charge is 0.507 e. The molecule has 0 unspecified atom stereocenters. The van der Waals surface area contributed by atoms with Gasteiger partial charge in [-0.25, -0.2) is 4.79 Å². The van der Waals surface area contributed by atoms with Crippen LogP contribution < -0.4 is 25.4 Å². The van der Waals surface area contributed by atoms with Crippen molar-refractivity contribution in [2.24, 2.45) is 0 Å². The number of fused-ring (bicyclic) bond motifs is 12. The number of carbonyl (C=O) groups excluding carboxylic acids is 3. The zero-order chi connectivity index (χ0) is 39.0. The smallest absolute Gasteiger partial charge is 0.407 e. The summed E-state index contributed by atoms with van der Waals surface area (Å²) < 4.78 is 18.0. The van der Waals surface area contributed by atoms with Crippen molar-refractivity contribution in [1.82, 2.24) is 20.9 Å². The van der Waals surface area contributed by atoms with Crippen LogP contribution in [-0.2, 0) is 40.0 Å². The van der Waals surface area contributed by atoms with Crippen molar-refractivity contribution in [3.63, 3.8) is 0 Å². The number of hydrogen-bond acceptors (Lipinski definition) is 9. The Kier molecular flexibility index (Phi) is 12.5. The molecule has 7 rings (SSSR count). The minimum Gasteiger partial charge on any atom is -0.507 e. The first-order valence-corrected chi connectivity index (χ1v) is 18.7. The maximum absolute atomic E-state index is 13.2. The number of benzene rings is 4. The number of para-hydroxylation sites is 4. The molecule has 5 N–H and O–H groups in total. The number of phenolic OH excluding ortho intramolecular Hbond substituents is 2. The minimum atomic E-state index is -0.627. The molecule has 0 saturated heterocycles. The van der Waals surface area contributed by atoms with Crippen molar-refractivity contribution >= 4 is 17.9 Å². The van der Waals surface area contributed by atoms with E-state index < -0.39 is 11.7 Å². The summed E-state index contributed by atoms with van der Waals surface area (Å²) in [5, 5.41) is 31.9. The number of hydrogen-bond donors (Lipinski definition) is 5. The summed E-state index contributed by atoms with van der Waals surface area (Å²) in [7, 11) is 0. The third-order valence-electron chi connectivity index (χ3n) is 9.58. The molecule has 4 aromatic rings. The first kappa shape index (κ1) is 39.0. The Hall–Kier alpha value is -5.75. The van der Waals surface area contributed by atoms with Crippen LogP contribution in [0.5, 0.6) is 23.0 Å². The van der Waals surface area contributed by atoms with E-state index in [4.69, 9.17) is 14.2 Å². The highest BCUT2D eigenvalue weighted by molar-refractivity contribution is 5.78. The number of aromatic hydroxyl groups is 2. The molecule has 12 nitrogen and oxygen atoms in total. The average molecular weight is 751 g/mol. The number of nitrogens with zero attached hydrogens (tertiary/aromatic N) is 1. The molecule has 10 bridgehead atoms. The van der Waals surface area contributed by atoms with Crippen molar-refractivity contribution in [2.75, 3.05) is 52.5 Å². The Morgan fingerprint density at radius 3 is 1.40 bits per heavy atom. The molecule has 2 aliphatic heterocycles. The van der Waals surface area contributed by atoms with Crippen molar-refractivity contribution in [2.45, 2.75) is 52.1 Å². The van der Waals surface area contributed by atoms with Gasteiger partial charge in [0.25, 0.3) is 11.8 Å². The maximum atomic E-state index is 13.2. The molecule has 2 heterocycles. The van der Waals surface area contributed by atoms with Gasteiger partial charge in [0, 0.05) is 65.0 Å². The van der Waals surface area contributed by atoms with E-state index in [1.807, 2.05) is 77.7 Å². The van der Waals surface area contributed by atoms with Crippen LogP contribution in [-0.4, -0.2) is 91.1 Å². The van der Waals surface area contributed by atoms with Gasteiger partial charge in [-0.2, -0.15) is 0 Å². The van der Waals surface area contributed by atoms with E-state index >= 15 is 0 Å². The molecule has 0 saturated carbocycles. The lowest BCUT2D eigenvalue weighted by Gasteiger charge is -2.24. The predicted octanol–water partition coefficient (Wildman–Crippen LogP) is 4.60. The second kappa shape index (κ2) is 17.6. The summed E-state index contributed by atoms with van der Waals surface area (Å²) in [6.07, 6.45) is 0.782. The fraction of sp³-hybridized carbons (Fsp3) is 0.372. The molecule has 290 valence electrons. The van der Waals surface area contributed by atoms with Crippen LogP contribution in [0, 0.1) is 0 Å². The molecule has 0 aromatic heterocycles. The lowest BCUT2D eigenvalue weighted by atomic mass is 9.91. The van der Waals surface area contributed by atoms with Gasteiger partial charge in [0.2, 0.25) is 0 Å². The fourth-order valence-corrected chi connectivity index (χ4v) is 6.93. The Labute approximate surface area is 321 Å². The molecule has 4 aromatic carbocycles. The van der Waals surface area contributed by atoms with Gasteiger partial charge in [-0.05, 0) is 65.3 Å². The number of ether oxygens (including phenoxy) is 3. The molecule has 3 aliphatic rings. The average Bonchev–Trinajstić information content (AvgIpc) is 3.12. The third-order valence-corrected chi connectivity index (χ3v) is 9.58. The van der Waals surface area contributed by atoms with Crippen molar-refractivity contribution in [3.05, 3.63) is 117 Å². The van der Waals surface area contributed by atoms with Gasteiger partial charge < -0.3 is 40.4 Å². The van der Waals surface area contributed by atoms with Crippen LogP contribution in [0.25, 0.3) is 0 Å². The van der Waals surface area contributed by atoms with Gasteiger partial charge in [-0.1, -0.05) is 72.8 Å². The van der Waals surface area contributed by atoms with Crippen molar-refractivity contribution < 1.29 is 38.8 Å². The maximum Gasteiger partial charge on any atom is 0.407 e. The minimum absolute atomic E-state index is 0.147. The Morgan fingerprint density at radius 2 is 1.04 bits per heavy atom. The lowest BCUT2D eigenvalue weighted by molar-refractivity contribution is -0.123. The number of alkyl carbamates (subject to hydrolysis) is 1. The standard InChI is InChI=1S/C43H50N4O8/c1-43(2,3)55-42(52)46-18-21-47-19-16-44-36(48)26-53-40-32-12-6-14-34(40)24-30-10-5-11-31(39(30)51)25-35-15-7-13-33(41(35)54-27-37(49)45-17-20-47)23-29-9-4-8-28(22-32)38(29)50/h4-15,50-51H,16-27H2,1-3H3,(H,44,48)(H,45,49)(H,46,52). The topological polar surface area (TPSA) is 159 Å². The summed E-state index contributed by atoms with van der Waals surface area (Å²) >= 11 is 0. The molecule has 3 amide bonds. The van der Waals surface area contributed by atoms with Gasteiger partial charge in [-0.3, -0.25) is 14.5 Å². The van der Waals surface area contributed by atoms with Gasteiger partial charge in [-0.15, -0.1) is 0 Å². The van der Waals surface area contributed by atoms with E-state index in [-0.39, 0.29) is 36.5 Å². The second-order valence-electron chi connectivity index (χ2n) is 14.9. The first-order valence-electron chi connectivity index (χ1n) is 18.7. The van der Waals surface area contributed by atoms with Crippen molar-refractivity contribution in [1.29, 1.82) is 0 Å². The fourth-order valence-electron chi connectivity index (χ4n) is 6.93. The number of rotatable bonds is 3. The summed E-state index contributed by atoms with van der Waals surface area (Å²) in [5.41, 5.74) is 5.23. The van der Waals surface area contributed by atoms with Gasteiger partial charge in [0.15, 0.2) is 13.2 Å². The third kappa shape index (κ3) is 10.5. The highest BCUT2D eigenvalue weighted by Crippen LogP contribution is 2.38.